The number of benzene rings is 1. The maximum Gasteiger partial charge on any atom is 0.166 e. The van der Waals surface area contributed by atoms with E-state index in [1.54, 1.807) is 0 Å². The number of rotatable bonds is 4. The first-order valence-electron chi connectivity index (χ1n) is 6.53. The second-order valence-electron chi connectivity index (χ2n) is 5.27. The molecule has 2 nitrogen and oxygen atoms in total. The Morgan fingerprint density at radius 2 is 1.50 bits per heavy atom. The minimum atomic E-state index is 0.256. The van der Waals surface area contributed by atoms with Crippen LogP contribution in [0.1, 0.15) is 50.8 Å². The Labute approximate surface area is 116 Å². The molecule has 0 radical (unpaired) electrons. The summed E-state index contributed by atoms with van der Waals surface area (Å²) in [4.78, 5) is 0. The molecule has 0 aliphatic carbocycles. The first-order valence-corrected chi connectivity index (χ1v) is 6.94. The summed E-state index contributed by atoms with van der Waals surface area (Å²) >= 11 is 5.20. The molecule has 3 heteroatoms. The smallest absolute Gasteiger partial charge is 0.166 e. The molecule has 1 atom stereocenters. The Morgan fingerprint density at radius 1 is 1.00 bits per heavy atom. The lowest BCUT2D eigenvalue weighted by molar-refractivity contribution is 0.470. The van der Waals surface area contributed by atoms with Crippen molar-refractivity contribution in [2.45, 2.75) is 39.7 Å². The van der Waals surface area contributed by atoms with Crippen molar-refractivity contribution in [3.63, 3.8) is 0 Å². The zero-order chi connectivity index (χ0) is 13.7. The highest BCUT2D eigenvalue weighted by atomic mass is 32.1. The summed E-state index contributed by atoms with van der Waals surface area (Å²) in [7, 11) is 1.84. The average molecular weight is 264 g/mol. The summed E-state index contributed by atoms with van der Waals surface area (Å²) in [6.45, 7) is 8.82. The summed E-state index contributed by atoms with van der Waals surface area (Å²) < 4.78 is 0. The van der Waals surface area contributed by atoms with Gasteiger partial charge in [-0.2, -0.15) is 0 Å². The van der Waals surface area contributed by atoms with Gasteiger partial charge in [0.15, 0.2) is 5.11 Å². The third-order valence-corrected chi connectivity index (χ3v) is 3.46. The van der Waals surface area contributed by atoms with Crippen molar-refractivity contribution < 1.29 is 0 Å². The highest BCUT2D eigenvalue weighted by Crippen LogP contribution is 2.23. The van der Waals surface area contributed by atoms with Gasteiger partial charge in [0.25, 0.3) is 0 Å². The van der Waals surface area contributed by atoms with Crippen LogP contribution in [0.3, 0.4) is 0 Å². The zero-order valence-corrected chi connectivity index (χ0v) is 12.8. The van der Waals surface area contributed by atoms with Gasteiger partial charge < -0.3 is 10.6 Å². The Morgan fingerprint density at radius 3 is 1.89 bits per heavy atom. The average Bonchev–Trinajstić information content (AvgIpc) is 2.35. The van der Waals surface area contributed by atoms with E-state index in [9.17, 15) is 0 Å². The molecule has 18 heavy (non-hydrogen) atoms. The monoisotopic (exact) mass is 264 g/mol. The number of hydrogen-bond acceptors (Lipinski definition) is 1. The predicted molar refractivity (Wildman–Crippen MR) is 82.9 cm³/mol. The van der Waals surface area contributed by atoms with E-state index < -0.39 is 0 Å². The van der Waals surface area contributed by atoms with Crippen molar-refractivity contribution in [1.82, 2.24) is 10.6 Å². The first-order chi connectivity index (χ1) is 8.45. The fraction of sp³-hybridized carbons (Fsp3) is 0.533. The van der Waals surface area contributed by atoms with Gasteiger partial charge in [-0.25, -0.2) is 0 Å². The van der Waals surface area contributed by atoms with Crippen LogP contribution in [0, 0.1) is 5.92 Å². The molecule has 0 saturated carbocycles. The van der Waals surface area contributed by atoms with Crippen LogP contribution in [0.2, 0.25) is 0 Å². The molecule has 0 saturated heterocycles. The normalized spacial score (nSPS) is 12.6. The molecule has 1 aromatic carbocycles. The van der Waals surface area contributed by atoms with Crippen molar-refractivity contribution in [3.8, 4) is 0 Å². The molecule has 0 bridgehead atoms. The van der Waals surface area contributed by atoms with Gasteiger partial charge in [0.1, 0.15) is 0 Å². The van der Waals surface area contributed by atoms with Crippen molar-refractivity contribution in [1.29, 1.82) is 0 Å². The van der Waals surface area contributed by atoms with E-state index in [4.69, 9.17) is 12.2 Å². The number of thiocarbonyl (C=S) groups is 1. The van der Waals surface area contributed by atoms with E-state index in [-0.39, 0.29) is 6.04 Å². The van der Waals surface area contributed by atoms with Crippen LogP contribution < -0.4 is 10.6 Å². The first kappa shape index (κ1) is 15.0. The Kier molecular flexibility index (Phi) is 5.60. The minimum absolute atomic E-state index is 0.256. The molecule has 1 aromatic rings. The summed E-state index contributed by atoms with van der Waals surface area (Å²) in [5.74, 6) is 1.06. The molecule has 1 rings (SSSR count). The van der Waals surface area contributed by atoms with Gasteiger partial charge in [-0.1, -0.05) is 52.0 Å². The van der Waals surface area contributed by atoms with E-state index in [0.29, 0.717) is 16.9 Å². The summed E-state index contributed by atoms with van der Waals surface area (Å²) in [6.07, 6.45) is 0. The molecule has 2 N–H and O–H groups in total. The number of nitrogens with one attached hydrogen (secondary N) is 2. The van der Waals surface area contributed by atoms with Crippen molar-refractivity contribution in [3.05, 3.63) is 35.4 Å². The molecular formula is C15H24N2S. The topological polar surface area (TPSA) is 24.1 Å². The van der Waals surface area contributed by atoms with E-state index >= 15 is 0 Å². The molecule has 0 aliphatic rings. The molecule has 0 spiro atoms. The quantitative estimate of drug-likeness (QED) is 0.813. The highest BCUT2D eigenvalue weighted by Gasteiger charge is 2.16. The van der Waals surface area contributed by atoms with Crippen LogP contribution in [-0.4, -0.2) is 12.2 Å². The highest BCUT2D eigenvalue weighted by molar-refractivity contribution is 7.80. The second-order valence-corrected chi connectivity index (χ2v) is 5.67. The van der Waals surface area contributed by atoms with Crippen LogP contribution in [-0.2, 0) is 0 Å². The lowest BCUT2D eigenvalue weighted by Gasteiger charge is -2.24. The standard InChI is InChI=1S/C15H24N2S/c1-10(2)12-6-8-13(9-7-12)14(11(3)4)17-15(18)16-5/h6-11,14H,1-5H3,(H2,16,17,18)/t14-/m1/s1. The fourth-order valence-electron chi connectivity index (χ4n) is 1.94. The molecule has 0 aromatic heterocycles. The molecule has 0 amide bonds. The van der Waals surface area contributed by atoms with Crippen LogP contribution in [0.4, 0.5) is 0 Å². The largest absolute Gasteiger partial charge is 0.366 e. The maximum atomic E-state index is 5.20. The molecular weight excluding hydrogens is 240 g/mol. The van der Waals surface area contributed by atoms with E-state index in [2.05, 4.69) is 62.6 Å². The van der Waals surface area contributed by atoms with E-state index in [0.717, 1.165) is 0 Å². The van der Waals surface area contributed by atoms with Crippen LogP contribution >= 0.6 is 12.2 Å². The summed E-state index contributed by atoms with van der Waals surface area (Å²) in [5.41, 5.74) is 2.66. The van der Waals surface area contributed by atoms with Crippen molar-refractivity contribution >= 4 is 17.3 Å². The third kappa shape index (κ3) is 3.98. The molecule has 100 valence electrons. The zero-order valence-electron chi connectivity index (χ0n) is 11.9. The fourth-order valence-corrected chi connectivity index (χ4v) is 2.06. The lowest BCUT2D eigenvalue weighted by Crippen LogP contribution is -2.37. The van der Waals surface area contributed by atoms with Crippen molar-refractivity contribution in [2.24, 2.45) is 5.92 Å². The molecule has 0 fully saturated rings. The van der Waals surface area contributed by atoms with Gasteiger partial charge in [-0.05, 0) is 35.2 Å². The van der Waals surface area contributed by atoms with Gasteiger partial charge in [0.05, 0.1) is 6.04 Å². The summed E-state index contributed by atoms with van der Waals surface area (Å²) in [6, 6.07) is 9.07. The van der Waals surface area contributed by atoms with E-state index in [1.165, 1.54) is 11.1 Å². The third-order valence-electron chi connectivity index (χ3n) is 3.14. The van der Waals surface area contributed by atoms with Crippen LogP contribution in [0.5, 0.6) is 0 Å². The molecule has 0 unspecified atom stereocenters. The van der Waals surface area contributed by atoms with Crippen LogP contribution in [0.15, 0.2) is 24.3 Å². The Bertz CT molecular complexity index is 382. The van der Waals surface area contributed by atoms with Gasteiger partial charge in [-0.3, -0.25) is 0 Å². The predicted octanol–water partition coefficient (Wildman–Crippen LogP) is 3.60. The second kappa shape index (κ2) is 6.74. The molecule has 0 aliphatic heterocycles. The maximum absolute atomic E-state index is 5.20. The van der Waals surface area contributed by atoms with Crippen LogP contribution in [0.25, 0.3) is 0 Å². The van der Waals surface area contributed by atoms with E-state index in [1.807, 2.05) is 7.05 Å². The lowest BCUT2D eigenvalue weighted by atomic mass is 9.93. The van der Waals surface area contributed by atoms with Gasteiger partial charge >= 0.3 is 0 Å². The SMILES string of the molecule is CNC(=S)N[C@@H](c1ccc(C(C)C)cc1)C(C)C. The van der Waals surface area contributed by atoms with Crippen molar-refractivity contribution in [2.75, 3.05) is 7.05 Å². The molecule has 0 heterocycles. The van der Waals surface area contributed by atoms with Gasteiger partial charge in [0.2, 0.25) is 0 Å². The van der Waals surface area contributed by atoms with Gasteiger partial charge in [0, 0.05) is 7.05 Å². The van der Waals surface area contributed by atoms with Gasteiger partial charge in [-0.15, -0.1) is 0 Å². The minimum Gasteiger partial charge on any atom is -0.366 e. The Balaban J connectivity index is 2.89. The summed E-state index contributed by atoms with van der Waals surface area (Å²) in [5, 5.41) is 7.02. The number of hydrogen-bond donors (Lipinski definition) is 2. The Hall–Kier alpha value is -1.09.